The van der Waals surface area contributed by atoms with Gasteiger partial charge in [-0.25, -0.2) is 13.1 Å². The van der Waals surface area contributed by atoms with Crippen LogP contribution in [-0.4, -0.2) is 38.6 Å². The van der Waals surface area contributed by atoms with E-state index in [-0.39, 0.29) is 24.1 Å². The number of hydrogen-bond donors (Lipinski definition) is 3. The van der Waals surface area contributed by atoms with Gasteiger partial charge in [0.25, 0.3) is 0 Å². The van der Waals surface area contributed by atoms with E-state index in [1.165, 1.54) is 12.1 Å². The molecule has 0 aliphatic heterocycles. The van der Waals surface area contributed by atoms with Crippen molar-refractivity contribution in [1.29, 1.82) is 0 Å². The Morgan fingerprint density at radius 3 is 2.71 bits per heavy atom. The molecule has 0 spiro atoms. The summed E-state index contributed by atoms with van der Waals surface area (Å²) >= 11 is 0. The van der Waals surface area contributed by atoms with Crippen molar-refractivity contribution in [3.63, 3.8) is 0 Å². The molecule has 0 atom stereocenters. The summed E-state index contributed by atoms with van der Waals surface area (Å²) in [5.74, 6) is 4.67. The van der Waals surface area contributed by atoms with Crippen molar-refractivity contribution in [2.75, 3.05) is 13.2 Å². The van der Waals surface area contributed by atoms with Gasteiger partial charge in [0.2, 0.25) is 15.9 Å². The van der Waals surface area contributed by atoms with Crippen LogP contribution in [-0.2, 0) is 14.8 Å². The number of hydrogen-bond acceptors (Lipinski definition) is 4. The molecule has 0 fully saturated rings. The van der Waals surface area contributed by atoms with E-state index in [2.05, 4.69) is 21.9 Å². The first kappa shape index (κ1) is 17.2. The minimum Gasteiger partial charge on any atom is -0.384 e. The topological polar surface area (TPSA) is 95.5 Å². The molecule has 0 saturated carbocycles. The number of nitrogens with one attached hydrogen (secondary N) is 2. The normalized spacial score (nSPS) is 10.9. The molecular formula is C14H18N2O4S. The molecule has 6 nitrogen and oxygen atoms in total. The lowest BCUT2D eigenvalue weighted by Crippen LogP contribution is -2.39. The summed E-state index contributed by atoms with van der Waals surface area (Å²) in [6, 6.07) is 5.91. The van der Waals surface area contributed by atoms with Crippen LogP contribution < -0.4 is 10.0 Å². The summed E-state index contributed by atoms with van der Waals surface area (Å²) in [7, 11) is -3.78. The Morgan fingerprint density at radius 2 is 2.10 bits per heavy atom. The molecule has 114 valence electrons. The van der Waals surface area contributed by atoms with Crippen molar-refractivity contribution in [3.8, 4) is 11.8 Å². The zero-order chi connectivity index (χ0) is 15.9. The molecule has 0 aromatic heterocycles. The summed E-state index contributed by atoms with van der Waals surface area (Å²) in [5.41, 5.74) is 0.471. The number of sulfonamides is 1. The summed E-state index contributed by atoms with van der Waals surface area (Å²) < 4.78 is 26.3. The first-order valence-electron chi connectivity index (χ1n) is 6.34. The van der Waals surface area contributed by atoms with Crippen LogP contribution in [0.5, 0.6) is 0 Å². The van der Waals surface area contributed by atoms with Crippen molar-refractivity contribution in [2.24, 2.45) is 0 Å². The van der Waals surface area contributed by atoms with Gasteiger partial charge in [-0.05, 0) is 32.0 Å². The maximum absolute atomic E-state index is 12.1. The number of carbonyl (C=O) groups is 1. The van der Waals surface area contributed by atoms with Crippen LogP contribution in [0.15, 0.2) is 29.2 Å². The molecule has 0 aliphatic rings. The summed E-state index contributed by atoms with van der Waals surface area (Å²) in [6.07, 6.45) is 0. The number of benzene rings is 1. The number of carbonyl (C=O) groups excluding carboxylic acids is 1. The summed E-state index contributed by atoms with van der Waals surface area (Å²) in [4.78, 5) is 11.5. The second-order valence-corrected chi connectivity index (χ2v) is 6.30. The molecule has 3 N–H and O–H groups in total. The predicted octanol–water partition coefficient (Wildman–Crippen LogP) is -0.167. The van der Waals surface area contributed by atoms with Gasteiger partial charge < -0.3 is 10.4 Å². The maximum Gasteiger partial charge on any atom is 0.241 e. The highest BCUT2D eigenvalue weighted by Crippen LogP contribution is 2.10. The summed E-state index contributed by atoms with van der Waals surface area (Å²) in [5, 5.41) is 11.2. The molecule has 0 radical (unpaired) electrons. The van der Waals surface area contributed by atoms with Gasteiger partial charge in [-0.3, -0.25) is 4.79 Å². The van der Waals surface area contributed by atoms with Crippen LogP contribution in [0.1, 0.15) is 19.4 Å². The average Bonchev–Trinajstić information content (AvgIpc) is 2.43. The van der Waals surface area contributed by atoms with Gasteiger partial charge in [-0.15, -0.1) is 0 Å². The Kier molecular flexibility index (Phi) is 6.37. The van der Waals surface area contributed by atoms with Gasteiger partial charge >= 0.3 is 0 Å². The molecule has 1 rings (SSSR count). The lowest BCUT2D eigenvalue weighted by Gasteiger charge is -2.10. The molecule has 0 unspecified atom stereocenters. The monoisotopic (exact) mass is 310 g/mol. The molecular weight excluding hydrogens is 292 g/mol. The van der Waals surface area contributed by atoms with Gasteiger partial charge in [-0.1, -0.05) is 17.9 Å². The number of aliphatic hydroxyl groups is 1. The van der Waals surface area contributed by atoms with Crippen molar-refractivity contribution in [2.45, 2.75) is 24.8 Å². The maximum atomic E-state index is 12.1. The Balaban J connectivity index is 2.81. The third-order valence-corrected chi connectivity index (χ3v) is 3.73. The molecule has 0 bridgehead atoms. The van der Waals surface area contributed by atoms with E-state index in [9.17, 15) is 13.2 Å². The van der Waals surface area contributed by atoms with Crippen LogP contribution in [0.4, 0.5) is 0 Å². The Labute approximate surface area is 124 Å². The van der Waals surface area contributed by atoms with Gasteiger partial charge in [0.05, 0.1) is 11.4 Å². The highest BCUT2D eigenvalue weighted by Gasteiger charge is 2.15. The Hall–Kier alpha value is -1.88. The van der Waals surface area contributed by atoms with E-state index in [0.29, 0.717) is 5.56 Å². The Morgan fingerprint density at radius 1 is 1.38 bits per heavy atom. The third kappa shape index (κ3) is 5.95. The minimum atomic E-state index is -3.78. The van der Waals surface area contributed by atoms with Crippen molar-refractivity contribution >= 4 is 15.9 Å². The fraction of sp³-hybridized carbons (Fsp3) is 0.357. The lowest BCUT2D eigenvalue weighted by molar-refractivity contribution is -0.120. The smallest absolute Gasteiger partial charge is 0.241 e. The van der Waals surface area contributed by atoms with Crippen LogP contribution in [0, 0.1) is 11.8 Å². The first-order chi connectivity index (χ1) is 9.85. The van der Waals surface area contributed by atoms with E-state index >= 15 is 0 Å². The van der Waals surface area contributed by atoms with Gasteiger partial charge in [0.1, 0.15) is 6.61 Å². The van der Waals surface area contributed by atoms with Gasteiger partial charge in [-0.2, -0.15) is 0 Å². The Bertz CT molecular complexity index is 657. The minimum absolute atomic E-state index is 0.0181. The van der Waals surface area contributed by atoms with Crippen molar-refractivity contribution < 1.29 is 18.3 Å². The van der Waals surface area contributed by atoms with Gasteiger partial charge in [0, 0.05) is 11.6 Å². The van der Waals surface area contributed by atoms with E-state index < -0.39 is 15.9 Å². The van der Waals surface area contributed by atoms with Crippen LogP contribution in [0.2, 0.25) is 0 Å². The number of rotatable bonds is 5. The van der Waals surface area contributed by atoms with Crippen molar-refractivity contribution in [3.05, 3.63) is 29.8 Å². The standard InChI is InChI=1S/C14H18N2O4S/c1-11(2)16-14(18)10-15-21(19,20)13-7-3-5-12(9-13)6-4-8-17/h3,5,7,9,11,15,17H,8,10H2,1-2H3,(H,16,18). The second-order valence-electron chi connectivity index (χ2n) is 4.53. The highest BCUT2D eigenvalue weighted by atomic mass is 32.2. The third-order valence-electron chi connectivity index (χ3n) is 2.33. The van der Waals surface area contributed by atoms with Crippen LogP contribution in [0.25, 0.3) is 0 Å². The average molecular weight is 310 g/mol. The zero-order valence-electron chi connectivity index (χ0n) is 11.9. The largest absolute Gasteiger partial charge is 0.384 e. The quantitative estimate of drug-likeness (QED) is 0.658. The molecule has 0 aliphatic carbocycles. The van der Waals surface area contributed by atoms with Gasteiger partial charge in [0.15, 0.2) is 0 Å². The summed E-state index contributed by atoms with van der Waals surface area (Å²) in [6.45, 7) is 2.95. The lowest BCUT2D eigenvalue weighted by atomic mass is 10.2. The first-order valence-corrected chi connectivity index (χ1v) is 7.82. The van der Waals surface area contributed by atoms with Crippen molar-refractivity contribution in [1.82, 2.24) is 10.0 Å². The fourth-order valence-corrected chi connectivity index (χ4v) is 2.53. The molecule has 1 amide bonds. The van der Waals surface area contributed by atoms with E-state index in [0.717, 1.165) is 0 Å². The second kappa shape index (κ2) is 7.78. The van der Waals surface area contributed by atoms with E-state index in [1.807, 2.05) is 0 Å². The highest BCUT2D eigenvalue weighted by molar-refractivity contribution is 7.89. The number of amides is 1. The molecule has 0 heterocycles. The number of aliphatic hydroxyl groups excluding tert-OH is 1. The molecule has 1 aromatic carbocycles. The van der Waals surface area contributed by atoms with Crippen LogP contribution >= 0.6 is 0 Å². The SMILES string of the molecule is CC(C)NC(=O)CNS(=O)(=O)c1cccc(C#CCO)c1. The zero-order valence-corrected chi connectivity index (χ0v) is 12.7. The van der Waals surface area contributed by atoms with Crippen LogP contribution in [0.3, 0.4) is 0 Å². The fourth-order valence-electron chi connectivity index (χ4n) is 1.50. The molecule has 21 heavy (non-hydrogen) atoms. The van der Waals surface area contributed by atoms with E-state index in [1.54, 1.807) is 26.0 Å². The molecule has 0 saturated heterocycles. The molecule has 7 heteroatoms. The predicted molar refractivity (Wildman–Crippen MR) is 78.9 cm³/mol. The van der Waals surface area contributed by atoms with E-state index in [4.69, 9.17) is 5.11 Å². The molecule has 1 aromatic rings.